The van der Waals surface area contributed by atoms with Gasteiger partial charge in [-0.1, -0.05) is 0 Å². The number of hydrogen-bond acceptors (Lipinski definition) is 3. The molecule has 0 saturated carbocycles. The van der Waals surface area contributed by atoms with Crippen molar-refractivity contribution in [1.29, 1.82) is 5.26 Å². The van der Waals surface area contributed by atoms with E-state index in [-0.39, 0.29) is 24.3 Å². The molecule has 3 fully saturated rings. The van der Waals surface area contributed by atoms with Gasteiger partial charge in [0, 0.05) is 25.7 Å². The third kappa shape index (κ3) is 2.09. The van der Waals surface area contributed by atoms with Crippen molar-refractivity contribution in [3.63, 3.8) is 0 Å². The SMILES string of the molecule is CC(=O)OC1(C#N)C[NH+]2CCC1CC2.[Cl-]. The van der Waals surface area contributed by atoms with E-state index in [2.05, 4.69) is 6.07 Å². The molecule has 3 aliphatic heterocycles. The quantitative estimate of drug-likeness (QED) is 0.469. The third-order valence-electron chi connectivity index (χ3n) is 3.38. The second kappa shape index (κ2) is 4.38. The number of halogens is 1. The molecular weight excluding hydrogens is 216 g/mol. The standard InChI is InChI=1S/C10H14N2O2.ClH/c1-8(13)14-10(6-11)7-12-4-2-9(10)3-5-12;/h9H,2-5,7H2,1H3;1H. The molecule has 3 aliphatic rings. The van der Waals surface area contributed by atoms with Gasteiger partial charge >= 0.3 is 5.97 Å². The molecule has 3 rings (SSSR count). The molecule has 1 atom stereocenters. The third-order valence-corrected chi connectivity index (χ3v) is 3.38. The number of quaternary nitrogens is 1. The van der Waals surface area contributed by atoms with Crippen LogP contribution in [0.25, 0.3) is 0 Å². The smallest absolute Gasteiger partial charge is 0.304 e. The number of nitriles is 1. The zero-order valence-corrected chi connectivity index (χ0v) is 9.51. The summed E-state index contributed by atoms with van der Waals surface area (Å²) in [6.45, 7) is 4.30. The van der Waals surface area contributed by atoms with E-state index in [4.69, 9.17) is 4.74 Å². The van der Waals surface area contributed by atoms with Crippen molar-refractivity contribution in [2.24, 2.45) is 5.92 Å². The van der Waals surface area contributed by atoms with Crippen LogP contribution in [0.2, 0.25) is 0 Å². The second-order valence-electron chi connectivity index (χ2n) is 4.30. The van der Waals surface area contributed by atoms with Crippen LogP contribution in [0.1, 0.15) is 19.8 Å². The molecule has 0 spiro atoms. The predicted molar refractivity (Wildman–Crippen MR) is 48.4 cm³/mol. The summed E-state index contributed by atoms with van der Waals surface area (Å²) in [5, 5.41) is 9.17. The number of nitrogens with zero attached hydrogens (tertiary/aromatic N) is 1. The summed E-state index contributed by atoms with van der Waals surface area (Å²) in [6, 6.07) is 2.22. The van der Waals surface area contributed by atoms with E-state index >= 15 is 0 Å². The van der Waals surface area contributed by atoms with E-state index in [1.54, 1.807) is 0 Å². The Balaban J connectivity index is 0.00000112. The Hall–Kier alpha value is -0.790. The van der Waals surface area contributed by atoms with Crippen molar-refractivity contribution < 1.29 is 26.8 Å². The van der Waals surface area contributed by atoms with Crippen LogP contribution in [0.4, 0.5) is 0 Å². The first-order chi connectivity index (χ1) is 6.66. The Labute approximate surface area is 95.6 Å². The summed E-state index contributed by atoms with van der Waals surface area (Å²) in [7, 11) is 0. The Morgan fingerprint density at radius 1 is 1.53 bits per heavy atom. The summed E-state index contributed by atoms with van der Waals surface area (Å²) in [5.74, 6) is -0.0754. The van der Waals surface area contributed by atoms with Crippen LogP contribution in [0, 0.1) is 17.2 Å². The fraction of sp³-hybridized carbons (Fsp3) is 0.800. The average Bonchev–Trinajstić information content (AvgIpc) is 2.18. The zero-order valence-electron chi connectivity index (χ0n) is 8.75. The molecule has 0 aliphatic carbocycles. The molecule has 84 valence electrons. The molecule has 0 aromatic heterocycles. The molecule has 15 heavy (non-hydrogen) atoms. The van der Waals surface area contributed by atoms with Crippen LogP contribution in [0.5, 0.6) is 0 Å². The van der Waals surface area contributed by atoms with Gasteiger partial charge in [-0.25, -0.2) is 0 Å². The van der Waals surface area contributed by atoms with Crippen LogP contribution < -0.4 is 17.3 Å². The number of rotatable bonds is 1. The highest BCUT2D eigenvalue weighted by molar-refractivity contribution is 5.67. The highest BCUT2D eigenvalue weighted by Gasteiger charge is 2.52. The van der Waals surface area contributed by atoms with Gasteiger partial charge in [-0.2, -0.15) is 5.26 Å². The maximum atomic E-state index is 11.0. The Bertz CT molecular complexity index is 294. The van der Waals surface area contributed by atoms with E-state index in [9.17, 15) is 10.1 Å². The molecule has 1 unspecified atom stereocenters. The van der Waals surface area contributed by atoms with Crippen molar-refractivity contribution in [2.45, 2.75) is 25.4 Å². The largest absolute Gasteiger partial charge is 1.00 e. The van der Waals surface area contributed by atoms with Gasteiger partial charge in [0.15, 0.2) is 0 Å². The maximum absolute atomic E-state index is 11.0. The molecular formula is C10H15ClN2O2. The topological polar surface area (TPSA) is 54.5 Å². The van der Waals surface area contributed by atoms with Crippen LogP contribution in [0.3, 0.4) is 0 Å². The maximum Gasteiger partial charge on any atom is 0.304 e. The Morgan fingerprint density at radius 3 is 2.47 bits per heavy atom. The Kier molecular flexibility index (Phi) is 3.58. The normalized spacial score (nSPS) is 37.6. The van der Waals surface area contributed by atoms with Gasteiger partial charge < -0.3 is 22.0 Å². The van der Waals surface area contributed by atoms with Crippen molar-refractivity contribution in [3.8, 4) is 6.07 Å². The minimum atomic E-state index is -0.822. The summed E-state index contributed by atoms with van der Waals surface area (Å²) >= 11 is 0. The molecule has 5 heteroatoms. The van der Waals surface area contributed by atoms with Gasteiger partial charge in [0.1, 0.15) is 12.6 Å². The summed E-state index contributed by atoms with van der Waals surface area (Å²) < 4.78 is 5.24. The molecule has 2 bridgehead atoms. The van der Waals surface area contributed by atoms with E-state index in [1.807, 2.05) is 0 Å². The average molecular weight is 231 g/mol. The van der Waals surface area contributed by atoms with Gasteiger partial charge in [-0.05, 0) is 0 Å². The number of hydrogen-bond donors (Lipinski definition) is 1. The summed E-state index contributed by atoms with van der Waals surface area (Å²) in [4.78, 5) is 12.4. The number of piperidine rings is 3. The van der Waals surface area contributed by atoms with E-state index in [0.717, 1.165) is 25.9 Å². The molecule has 1 N–H and O–H groups in total. The number of carbonyl (C=O) groups excluding carboxylic acids is 1. The van der Waals surface area contributed by atoms with E-state index in [1.165, 1.54) is 11.8 Å². The fourth-order valence-corrected chi connectivity index (χ4v) is 2.71. The van der Waals surface area contributed by atoms with Gasteiger partial charge in [-0.3, -0.25) is 4.79 Å². The van der Waals surface area contributed by atoms with Gasteiger partial charge in [0.2, 0.25) is 5.60 Å². The highest BCUT2D eigenvalue weighted by Crippen LogP contribution is 2.31. The van der Waals surface area contributed by atoms with Crippen molar-refractivity contribution in [2.75, 3.05) is 19.6 Å². The first-order valence-corrected chi connectivity index (χ1v) is 5.11. The Morgan fingerprint density at radius 2 is 2.13 bits per heavy atom. The van der Waals surface area contributed by atoms with Gasteiger partial charge in [-0.15, -0.1) is 0 Å². The molecule has 3 saturated heterocycles. The minimum absolute atomic E-state index is 0. The van der Waals surface area contributed by atoms with Crippen LogP contribution in [-0.2, 0) is 9.53 Å². The molecule has 0 amide bonds. The molecule has 0 aromatic rings. The lowest BCUT2D eigenvalue weighted by Gasteiger charge is -2.45. The fourth-order valence-electron chi connectivity index (χ4n) is 2.71. The number of carbonyl (C=O) groups is 1. The van der Waals surface area contributed by atoms with Crippen LogP contribution in [0.15, 0.2) is 0 Å². The summed E-state index contributed by atoms with van der Waals surface area (Å²) in [6.07, 6.45) is 2.02. The zero-order chi connectivity index (χ0) is 10.2. The molecule has 0 aromatic carbocycles. The van der Waals surface area contributed by atoms with E-state index in [0.29, 0.717) is 6.54 Å². The molecule has 3 heterocycles. The lowest BCUT2D eigenvalue weighted by atomic mass is 9.76. The number of ether oxygens (including phenoxy) is 1. The monoisotopic (exact) mass is 230 g/mol. The van der Waals surface area contributed by atoms with Crippen LogP contribution >= 0.6 is 0 Å². The number of fused-ring (bicyclic) bond motifs is 3. The molecule has 4 nitrogen and oxygen atoms in total. The predicted octanol–water partition coefficient (Wildman–Crippen LogP) is -3.88. The number of nitrogens with one attached hydrogen (secondary N) is 1. The lowest BCUT2D eigenvalue weighted by molar-refractivity contribution is -0.923. The van der Waals surface area contributed by atoms with Crippen molar-refractivity contribution >= 4 is 5.97 Å². The first kappa shape index (κ1) is 12.3. The van der Waals surface area contributed by atoms with Crippen LogP contribution in [-0.4, -0.2) is 31.2 Å². The summed E-state index contributed by atoms with van der Waals surface area (Å²) in [5.41, 5.74) is -0.822. The highest BCUT2D eigenvalue weighted by atomic mass is 35.5. The lowest BCUT2D eigenvalue weighted by Crippen LogP contribution is -3.17. The van der Waals surface area contributed by atoms with Gasteiger partial charge in [0.05, 0.1) is 13.1 Å². The van der Waals surface area contributed by atoms with Gasteiger partial charge in [0.25, 0.3) is 0 Å². The van der Waals surface area contributed by atoms with E-state index < -0.39 is 5.60 Å². The van der Waals surface area contributed by atoms with Crippen molar-refractivity contribution in [3.05, 3.63) is 0 Å². The minimum Gasteiger partial charge on any atom is -1.00 e. The number of esters is 1. The first-order valence-electron chi connectivity index (χ1n) is 5.11. The second-order valence-corrected chi connectivity index (χ2v) is 4.30. The van der Waals surface area contributed by atoms with Crippen molar-refractivity contribution in [1.82, 2.24) is 0 Å². The molecule has 0 radical (unpaired) electrons.